The largest absolute Gasteiger partial charge is 0.490 e. The second-order valence-corrected chi connectivity index (χ2v) is 13.5. The Hall–Kier alpha value is -3.21. The first-order valence-electron chi connectivity index (χ1n) is 12.6. The van der Waals surface area contributed by atoms with Crippen LogP contribution >= 0.6 is 23.5 Å². The summed E-state index contributed by atoms with van der Waals surface area (Å²) in [6.45, 7) is 2.27. The first kappa shape index (κ1) is 37.2. The summed E-state index contributed by atoms with van der Waals surface area (Å²) in [7, 11) is -15.5. The number of anilines is 1. The number of alkyl carbamates (subject to hydrolysis) is 1. The molecule has 2 aromatic rings. The highest BCUT2D eigenvalue weighted by molar-refractivity contribution is 7.66. The third-order valence-electron chi connectivity index (χ3n) is 5.61. The monoisotopic (exact) mass is 715 g/mol. The van der Waals surface area contributed by atoms with Crippen LogP contribution < -0.4 is 16.6 Å². The molecule has 0 aromatic carbocycles. The second kappa shape index (κ2) is 16.1. The summed E-state index contributed by atoms with van der Waals surface area (Å²) in [4.78, 5) is 59.7. The van der Waals surface area contributed by atoms with Crippen LogP contribution in [-0.4, -0.2) is 81.0 Å². The molecule has 1 saturated heterocycles. The number of nitrogens with two attached hydrogens (primary N) is 1. The average molecular weight is 715 g/mol. The Labute approximate surface area is 259 Å². The van der Waals surface area contributed by atoms with Gasteiger partial charge in [-0.3, -0.25) is 18.8 Å². The molecular formula is C22H29FN5O15P3. The van der Waals surface area contributed by atoms with E-state index in [1.54, 1.807) is 0 Å². The van der Waals surface area contributed by atoms with E-state index in [9.17, 15) is 42.4 Å². The zero-order chi connectivity index (χ0) is 34.1. The van der Waals surface area contributed by atoms with Crippen molar-refractivity contribution in [2.24, 2.45) is 0 Å². The van der Waals surface area contributed by atoms with E-state index in [1.165, 1.54) is 16.8 Å². The number of aromatic amines is 1. The molecule has 0 bridgehead atoms. The molecule has 1 aliphatic rings. The van der Waals surface area contributed by atoms with Gasteiger partial charge in [0, 0.05) is 19.7 Å². The first-order chi connectivity index (χ1) is 21.6. The summed E-state index contributed by atoms with van der Waals surface area (Å²) in [5.41, 5.74) is 5.28. The van der Waals surface area contributed by atoms with Crippen LogP contribution in [0.4, 0.5) is 15.1 Å². The van der Waals surface area contributed by atoms with E-state index in [4.69, 9.17) is 19.7 Å². The number of aromatic nitrogens is 3. The number of phosphoric acid groups is 3. The zero-order valence-corrected chi connectivity index (χ0v) is 26.4. The molecule has 2 aromatic heterocycles. The van der Waals surface area contributed by atoms with Crippen LogP contribution in [0.15, 0.2) is 36.1 Å². The van der Waals surface area contributed by atoms with Crippen molar-refractivity contribution in [1.29, 1.82) is 0 Å². The maximum absolute atomic E-state index is 12.8. The van der Waals surface area contributed by atoms with Gasteiger partial charge in [-0.25, -0.2) is 22.9 Å². The van der Waals surface area contributed by atoms with Gasteiger partial charge in [0.25, 0.3) is 5.56 Å². The summed E-state index contributed by atoms with van der Waals surface area (Å²) in [5, 5.41) is 2.33. The second-order valence-electron chi connectivity index (χ2n) is 8.79. The predicted octanol–water partition coefficient (Wildman–Crippen LogP) is 1.72. The Kier molecular flexibility index (Phi) is 13.0. The van der Waals surface area contributed by atoms with Crippen LogP contribution in [0.25, 0.3) is 11.0 Å². The van der Waals surface area contributed by atoms with E-state index >= 15 is 0 Å². The van der Waals surface area contributed by atoms with Crippen LogP contribution in [-0.2, 0) is 45.6 Å². The lowest BCUT2D eigenvalue weighted by Crippen LogP contribution is -2.29. The molecule has 1 fully saturated rings. The molecule has 254 valence electrons. The Bertz CT molecular complexity index is 1720. The number of fused-ring (bicyclic) bond motifs is 1. The summed E-state index contributed by atoms with van der Waals surface area (Å²) in [5.74, 6) is 5.12. The Morgan fingerprint density at radius 1 is 1.28 bits per heavy atom. The van der Waals surface area contributed by atoms with Crippen LogP contribution in [0.2, 0.25) is 0 Å². The van der Waals surface area contributed by atoms with Crippen LogP contribution in [0, 0.1) is 11.8 Å². The number of phosphoric ester groups is 2. The van der Waals surface area contributed by atoms with Gasteiger partial charge in [0.05, 0.1) is 43.1 Å². The van der Waals surface area contributed by atoms with E-state index in [1.807, 2.05) is 0 Å². The van der Waals surface area contributed by atoms with Crippen LogP contribution in [0.5, 0.6) is 0 Å². The molecule has 3 heterocycles. The Morgan fingerprint density at radius 3 is 2.67 bits per heavy atom. The molecule has 0 saturated carbocycles. The maximum atomic E-state index is 12.8. The molecule has 0 spiro atoms. The number of ether oxygens (including phenoxy) is 3. The van der Waals surface area contributed by atoms with Crippen molar-refractivity contribution in [1.82, 2.24) is 19.9 Å². The smallest absolute Gasteiger partial charge is 0.445 e. The number of amides is 1. The van der Waals surface area contributed by atoms with Crippen molar-refractivity contribution in [2.75, 3.05) is 39.2 Å². The van der Waals surface area contributed by atoms with Gasteiger partial charge in [-0.1, -0.05) is 17.9 Å². The quantitative estimate of drug-likeness (QED) is 0.0869. The molecule has 7 N–H and O–H groups in total. The third kappa shape index (κ3) is 10.7. The van der Waals surface area contributed by atoms with Gasteiger partial charge in [0.1, 0.15) is 18.9 Å². The van der Waals surface area contributed by atoms with Gasteiger partial charge in [0.15, 0.2) is 5.65 Å². The fourth-order valence-corrected chi connectivity index (χ4v) is 7.11. The number of nitrogen functional groups attached to an aromatic ring is 1. The topological polar surface area (TPSA) is 282 Å². The van der Waals surface area contributed by atoms with E-state index in [2.05, 4.69) is 51.6 Å². The molecule has 20 nitrogen and oxygen atoms in total. The van der Waals surface area contributed by atoms with Crippen molar-refractivity contribution in [2.45, 2.75) is 24.9 Å². The number of nitrogens with zero attached hydrogens (tertiary/aromatic N) is 2. The van der Waals surface area contributed by atoms with Crippen molar-refractivity contribution in [3.8, 4) is 11.8 Å². The Morgan fingerprint density at radius 2 is 2.00 bits per heavy atom. The lowest BCUT2D eigenvalue weighted by atomic mass is 10.2. The molecule has 0 radical (unpaired) electrons. The van der Waals surface area contributed by atoms with Gasteiger partial charge >= 0.3 is 29.6 Å². The van der Waals surface area contributed by atoms with E-state index in [0.717, 1.165) is 6.08 Å². The summed E-state index contributed by atoms with van der Waals surface area (Å²) >= 11 is 0. The number of rotatable bonds is 15. The summed E-state index contributed by atoms with van der Waals surface area (Å²) < 4.78 is 82.0. The maximum Gasteiger partial charge on any atom is 0.490 e. The molecular weight excluding hydrogens is 686 g/mol. The van der Waals surface area contributed by atoms with Gasteiger partial charge in [0.2, 0.25) is 5.95 Å². The van der Waals surface area contributed by atoms with Gasteiger partial charge < -0.3 is 44.5 Å². The molecule has 3 unspecified atom stereocenters. The lowest BCUT2D eigenvalue weighted by Gasteiger charge is -2.21. The normalized spacial score (nSPS) is 22.0. The summed E-state index contributed by atoms with van der Waals surface area (Å²) in [6, 6.07) is 0. The van der Waals surface area contributed by atoms with Crippen molar-refractivity contribution in [3.63, 3.8) is 0 Å². The Balaban J connectivity index is 1.82. The highest BCUT2D eigenvalue weighted by Crippen LogP contribution is 2.67. The lowest BCUT2D eigenvalue weighted by molar-refractivity contribution is -0.0550. The number of H-pyrrole nitrogens is 1. The SMILES string of the molecule is C=CCO[C@@H]1C[C@H](n2cc(C#CCNC(=O)OC/C=C\F)c3c(=O)[nH]c(N)nc32)O[C@@H]1COP(=O)(O)OP(=O)(O)OP(=O)(O)OC. The number of halogens is 1. The van der Waals surface area contributed by atoms with Crippen LogP contribution in [0.3, 0.4) is 0 Å². The third-order valence-corrected chi connectivity index (χ3v) is 9.85. The highest BCUT2D eigenvalue weighted by Gasteiger charge is 2.44. The number of carbonyl (C=O) groups is 1. The van der Waals surface area contributed by atoms with E-state index in [-0.39, 0.29) is 55.1 Å². The minimum Gasteiger partial charge on any atom is -0.445 e. The zero-order valence-electron chi connectivity index (χ0n) is 23.7. The van der Waals surface area contributed by atoms with E-state index < -0.39 is 60.2 Å². The number of nitrogens with one attached hydrogen (secondary N) is 2. The van der Waals surface area contributed by atoms with Gasteiger partial charge in [-0.15, -0.1) is 6.58 Å². The van der Waals surface area contributed by atoms with Crippen LogP contribution in [0.1, 0.15) is 18.2 Å². The number of hydrogen-bond acceptors (Lipinski definition) is 14. The molecule has 1 aliphatic heterocycles. The number of carbonyl (C=O) groups excluding carboxylic acids is 1. The standard InChI is InChI=1S/C22H29FN5O15P3/c1-3-9-38-15-11-17(41-16(15)13-40-45(33,34)43-46(35,36)42-44(31,32)37-2)28-12-14(18-19(28)26-21(24)27-20(18)29)6-4-8-25-22(30)39-10-5-7-23/h3,5,7,12,15-17H,1,8-11,13H2,2H3,(H,25,30)(H,31,32)(H,33,34)(H,35,36)(H3,24,26,27,29)/b7-5-/t15-,16-,17-/m1/s1. The predicted molar refractivity (Wildman–Crippen MR) is 154 cm³/mol. The first-order valence-corrected chi connectivity index (χ1v) is 17.1. The number of hydrogen-bond donors (Lipinski definition) is 6. The van der Waals surface area contributed by atoms with Crippen molar-refractivity contribution < 1.29 is 69.4 Å². The minimum atomic E-state index is -5.64. The van der Waals surface area contributed by atoms with Crippen molar-refractivity contribution >= 4 is 46.5 Å². The molecule has 24 heteroatoms. The average Bonchev–Trinajstić information content (AvgIpc) is 3.53. The molecule has 1 amide bonds. The van der Waals surface area contributed by atoms with Gasteiger partial charge in [-0.2, -0.15) is 13.6 Å². The summed E-state index contributed by atoms with van der Waals surface area (Å²) in [6.07, 6.45) is 0.195. The minimum absolute atomic E-state index is 0.000531. The fourth-order valence-electron chi connectivity index (χ4n) is 3.84. The molecule has 6 atom stereocenters. The molecule has 46 heavy (non-hydrogen) atoms. The van der Waals surface area contributed by atoms with E-state index in [0.29, 0.717) is 7.11 Å². The van der Waals surface area contributed by atoms with Gasteiger partial charge in [-0.05, 0) is 6.08 Å². The van der Waals surface area contributed by atoms with Crippen molar-refractivity contribution in [3.05, 3.63) is 47.2 Å². The molecule has 3 rings (SSSR count). The molecule has 0 aliphatic carbocycles. The highest BCUT2D eigenvalue weighted by atomic mass is 31.3. The fraction of sp³-hybridized carbons (Fsp3) is 0.409.